The van der Waals surface area contributed by atoms with E-state index in [0.717, 1.165) is 6.04 Å². The Morgan fingerprint density at radius 1 is 1.44 bits per heavy atom. The van der Waals surface area contributed by atoms with E-state index >= 15 is 0 Å². The minimum Gasteiger partial charge on any atom is -0.306 e. The van der Waals surface area contributed by atoms with Crippen LogP contribution in [0.3, 0.4) is 0 Å². The van der Waals surface area contributed by atoms with Crippen LogP contribution in [0.15, 0.2) is 0 Å². The van der Waals surface area contributed by atoms with Crippen molar-refractivity contribution in [2.24, 2.45) is 0 Å². The van der Waals surface area contributed by atoms with Crippen molar-refractivity contribution in [1.29, 1.82) is 0 Å². The van der Waals surface area contributed by atoms with Gasteiger partial charge in [-0.1, -0.05) is 0 Å². The molecule has 0 aromatic heterocycles. The first-order chi connectivity index (χ1) is 4.30. The minimum atomic E-state index is 0.851. The van der Waals surface area contributed by atoms with Crippen LogP contribution < -0.4 is 0 Å². The largest absolute Gasteiger partial charge is 0.306 e. The topological polar surface area (TPSA) is 3.24 Å². The molecule has 1 rings (SSSR count). The molecule has 0 amide bonds. The van der Waals surface area contributed by atoms with E-state index in [4.69, 9.17) is 0 Å². The fourth-order valence-electron chi connectivity index (χ4n) is 1.13. The van der Waals surface area contributed by atoms with Crippen molar-refractivity contribution < 1.29 is 0 Å². The van der Waals surface area contributed by atoms with Gasteiger partial charge in [0.1, 0.15) is 0 Å². The Labute approximate surface area is 61.8 Å². The molecule has 1 fully saturated rings. The summed E-state index contributed by atoms with van der Waals surface area (Å²) in [6, 6.07) is 0.851. The van der Waals surface area contributed by atoms with Crippen LogP contribution in [0.25, 0.3) is 0 Å². The number of hydrogen-bond acceptors (Lipinski definition) is 2. The van der Waals surface area contributed by atoms with Crippen molar-refractivity contribution in [3.05, 3.63) is 0 Å². The Balaban J connectivity index is 2.23. The maximum atomic E-state index is 2.34. The Bertz CT molecular complexity index is 77.0. The lowest BCUT2D eigenvalue weighted by molar-refractivity contribution is 0.298. The van der Waals surface area contributed by atoms with E-state index in [1.165, 1.54) is 24.3 Å². The van der Waals surface area contributed by atoms with Crippen LogP contribution in [0, 0.1) is 0 Å². The zero-order valence-electron chi connectivity index (χ0n) is 6.26. The second-order valence-corrected chi connectivity index (χ2v) is 3.98. The van der Waals surface area contributed by atoms with Gasteiger partial charge in [0.2, 0.25) is 0 Å². The van der Waals surface area contributed by atoms with Gasteiger partial charge in [0.05, 0.1) is 0 Å². The quantitative estimate of drug-likeness (QED) is 0.549. The molecule has 1 saturated heterocycles. The molecular formula is C7H15NS. The first-order valence-corrected chi connectivity index (χ1v) is 4.70. The Morgan fingerprint density at radius 3 is 2.56 bits per heavy atom. The molecule has 0 bridgehead atoms. The number of nitrogens with zero attached hydrogens (tertiary/aromatic N) is 1. The predicted octanol–water partition coefficient (Wildman–Crippen LogP) is 1.44. The number of rotatable bonds is 1. The lowest BCUT2D eigenvalue weighted by Crippen LogP contribution is -2.32. The van der Waals surface area contributed by atoms with Gasteiger partial charge in [-0.15, -0.1) is 0 Å². The van der Waals surface area contributed by atoms with Crippen LogP contribution in [0.2, 0.25) is 0 Å². The lowest BCUT2D eigenvalue weighted by Gasteiger charge is -2.27. The number of thioether (sulfide) groups is 1. The van der Waals surface area contributed by atoms with Gasteiger partial charge in [0.25, 0.3) is 0 Å². The average Bonchev–Trinajstić information content (AvgIpc) is 1.90. The molecule has 1 aliphatic rings. The maximum absolute atomic E-state index is 2.34. The van der Waals surface area contributed by atoms with Gasteiger partial charge in [-0.05, 0) is 32.7 Å². The highest BCUT2D eigenvalue weighted by Crippen LogP contribution is 2.19. The Morgan fingerprint density at radius 2 is 2.22 bits per heavy atom. The highest BCUT2D eigenvalue weighted by Gasteiger charge is 2.14. The normalized spacial score (nSPS) is 29.0. The van der Waals surface area contributed by atoms with Crippen molar-refractivity contribution in [3.63, 3.8) is 0 Å². The van der Waals surface area contributed by atoms with Crippen LogP contribution in [-0.4, -0.2) is 36.5 Å². The molecule has 1 aliphatic heterocycles. The second kappa shape index (κ2) is 3.47. The summed E-state index contributed by atoms with van der Waals surface area (Å²) >= 11 is 2.09. The fourth-order valence-corrected chi connectivity index (χ4v) is 2.41. The SMILES string of the molecule is CN(C)[C@@H]1CCCSC1. The fraction of sp³-hybridized carbons (Fsp3) is 1.00. The summed E-state index contributed by atoms with van der Waals surface area (Å²) in [6.45, 7) is 0. The van der Waals surface area contributed by atoms with E-state index in [-0.39, 0.29) is 0 Å². The predicted molar refractivity (Wildman–Crippen MR) is 44.0 cm³/mol. The van der Waals surface area contributed by atoms with Gasteiger partial charge >= 0.3 is 0 Å². The van der Waals surface area contributed by atoms with E-state index in [2.05, 4.69) is 30.8 Å². The van der Waals surface area contributed by atoms with E-state index in [0.29, 0.717) is 0 Å². The maximum Gasteiger partial charge on any atom is 0.0180 e. The molecule has 0 aromatic rings. The van der Waals surface area contributed by atoms with Gasteiger partial charge < -0.3 is 4.90 Å². The van der Waals surface area contributed by atoms with E-state index in [9.17, 15) is 0 Å². The molecule has 1 heterocycles. The minimum absolute atomic E-state index is 0.851. The molecule has 1 atom stereocenters. The molecule has 0 aromatic carbocycles. The zero-order chi connectivity index (χ0) is 6.69. The van der Waals surface area contributed by atoms with Crippen molar-refractivity contribution in [2.45, 2.75) is 18.9 Å². The monoisotopic (exact) mass is 145 g/mol. The summed E-state index contributed by atoms with van der Waals surface area (Å²) in [5, 5.41) is 0. The number of hydrogen-bond donors (Lipinski definition) is 0. The molecule has 0 spiro atoms. The summed E-state index contributed by atoms with van der Waals surface area (Å²) in [4.78, 5) is 2.34. The van der Waals surface area contributed by atoms with Gasteiger partial charge in [-0.3, -0.25) is 0 Å². The van der Waals surface area contributed by atoms with Gasteiger partial charge in [0, 0.05) is 11.8 Å². The van der Waals surface area contributed by atoms with Crippen LogP contribution in [-0.2, 0) is 0 Å². The third-order valence-corrected chi connectivity index (χ3v) is 3.06. The Hall–Kier alpha value is 0.310. The Kier molecular flexibility index (Phi) is 2.86. The zero-order valence-corrected chi connectivity index (χ0v) is 7.08. The summed E-state index contributed by atoms with van der Waals surface area (Å²) < 4.78 is 0. The standard InChI is InChI=1S/C7H15NS/c1-8(2)7-4-3-5-9-6-7/h7H,3-6H2,1-2H3/t7-/m1/s1. The highest BCUT2D eigenvalue weighted by atomic mass is 32.2. The first kappa shape index (κ1) is 7.42. The molecule has 0 aliphatic carbocycles. The summed E-state index contributed by atoms with van der Waals surface area (Å²) in [6.07, 6.45) is 2.81. The molecule has 0 saturated carbocycles. The van der Waals surface area contributed by atoms with Crippen LogP contribution in [0.4, 0.5) is 0 Å². The molecule has 0 unspecified atom stereocenters. The van der Waals surface area contributed by atoms with Crippen molar-refractivity contribution in [3.8, 4) is 0 Å². The lowest BCUT2D eigenvalue weighted by atomic mass is 10.2. The third kappa shape index (κ3) is 2.18. The highest BCUT2D eigenvalue weighted by molar-refractivity contribution is 7.99. The van der Waals surface area contributed by atoms with Crippen LogP contribution in [0.1, 0.15) is 12.8 Å². The summed E-state index contributed by atoms with van der Waals surface area (Å²) in [7, 11) is 4.35. The molecule has 0 N–H and O–H groups in total. The molecule has 2 heteroatoms. The van der Waals surface area contributed by atoms with E-state index < -0.39 is 0 Å². The van der Waals surface area contributed by atoms with E-state index in [1.807, 2.05) is 0 Å². The summed E-state index contributed by atoms with van der Waals surface area (Å²) in [5.41, 5.74) is 0. The molecule has 54 valence electrons. The molecule has 9 heavy (non-hydrogen) atoms. The molecule has 1 nitrogen and oxygen atoms in total. The van der Waals surface area contributed by atoms with Gasteiger partial charge in [0.15, 0.2) is 0 Å². The first-order valence-electron chi connectivity index (χ1n) is 3.55. The van der Waals surface area contributed by atoms with Crippen molar-refractivity contribution >= 4 is 11.8 Å². The van der Waals surface area contributed by atoms with Gasteiger partial charge in [-0.2, -0.15) is 11.8 Å². The molecular weight excluding hydrogens is 130 g/mol. The van der Waals surface area contributed by atoms with Gasteiger partial charge in [-0.25, -0.2) is 0 Å². The smallest absolute Gasteiger partial charge is 0.0180 e. The average molecular weight is 145 g/mol. The van der Waals surface area contributed by atoms with E-state index in [1.54, 1.807) is 0 Å². The van der Waals surface area contributed by atoms with Crippen molar-refractivity contribution in [2.75, 3.05) is 25.6 Å². The van der Waals surface area contributed by atoms with Crippen LogP contribution in [0.5, 0.6) is 0 Å². The second-order valence-electron chi connectivity index (χ2n) is 2.83. The third-order valence-electron chi connectivity index (χ3n) is 1.87. The summed E-state index contributed by atoms with van der Waals surface area (Å²) in [5.74, 6) is 2.72. The van der Waals surface area contributed by atoms with Crippen LogP contribution >= 0.6 is 11.8 Å². The molecule has 0 radical (unpaired) electrons. The van der Waals surface area contributed by atoms with Crippen molar-refractivity contribution in [1.82, 2.24) is 4.90 Å².